The number of sulfonamides is 2. The van der Waals surface area contributed by atoms with Gasteiger partial charge in [-0.2, -0.15) is 0 Å². The topological polar surface area (TPSA) is 99.5 Å². The fraction of sp³-hybridized carbons (Fsp3) is 0.120. The number of benzene rings is 7. The monoisotopic (exact) mass is 904 g/mol. The number of hydrogen-bond donors (Lipinski definition) is 0. The molecule has 0 radical (unpaired) electrons. The number of amidine groups is 2. The highest BCUT2D eigenvalue weighted by Crippen LogP contribution is 2.49. The first kappa shape index (κ1) is 40.3. The molecule has 2 aliphatic rings. The molecule has 0 aliphatic carbocycles. The number of nitrogens with zero attached hydrogens (tertiary/aromatic N) is 4. The van der Waals surface area contributed by atoms with E-state index >= 15 is 16.8 Å². The minimum absolute atomic E-state index is 0.125. The number of halogens is 1. The summed E-state index contributed by atoms with van der Waals surface area (Å²) >= 11 is 3.92. The molecule has 0 fully saturated rings. The lowest BCUT2D eigenvalue weighted by atomic mass is 9.95. The van der Waals surface area contributed by atoms with Crippen molar-refractivity contribution in [3.05, 3.63) is 237 Å². The zero-order valence-electron chi connectivity index (χ0n) is 33.3. The van der Waals surface area contributed by atoms with Gasteiger partial charge in [-0.15, -0.1) is 0 Å². The van der Waals surface area contributed by atoms with Gasteiger partial charge in [0.1, 0.15) is 23.8 Å². The lowest BCUT2D eigenvalue weighted by Gasteiger charge is -2.32. The van der Waals surface area contributed by atoms with Crippen LogP contribution in [0.3, 0.4) is 0 Å². The van der Waals surface area contributed by atoms with Crippen molar-refractivity contribution < 1.29 is 16.8 Å². The standard InChI is InChI=1S/C50H41BrN4O4S2/c1-34-26-30-40(31-27-34)60(56,57)54-47(38-20-11-5-12-21-38)45(36-16-7-3-8-17-36)52-49(54)42-24-15-25-43(44(42)51)50-53-46(37-18-9-4-10-19-37)48(39-22-13-6-14-23-39)55(50)61(58,59)41-32-28-35(2)29-33-41/h3-33,45-48H,1-2H3. The third-order valence-corrected chi connectivity index (χ3v) is 15.7. The van der Waals surface area contributed by atoms with Crippen molar-refractivity contribution in [1.82, 2.24) is 8.61 Å². The lowest BCUT2D eigenvalue weighted by Crippen LogP contribution is -2.39. The first-order valence-corrected chi connectivity index (χ1v) is 23.6. The van der Waals surface area contributed by atoms with Gasteiger partial charge in [-0.25, -0.2) is 25.4 Å². The second-order valence-corrected chi connectivity index (χ2v) is 19.6. The molecular weight excluding hydrogens is 865 g/mol. The SMILES string of the molecule is Cc1ccc(S(=O)(=O)N2C(c3cccc(C4=NC(c5ccccc5)C(c5ccccc5)N4S(=O)(=O)c4ccc(C)cc4)c3Br)=NC(c3ccccc3)C2c2ccccc2)cc1. The fourth-order valence-electron chi connectivity index (χ4n) is 8.22. The van der Waals surface area contributed by atoms with Crippen molar-refractivity contribution in [2.45, 2.75) is 47.8 Å². The zero-order chi connectivity index (χ0) is 42.3. The predicted octanol–water partition coefficient (Wildman–Crippen LogP) is 10.9. The van der Waals surface area contributed by atoms with Crippen LogP contribution >= 0.6 is 15.9 Å². The average Bonchev–Trinajstić information content (AvgIpc) is 3.90. The summed E-state index contributed by atoms with van der Waals surface area (Å²) in [6.45, 7) is 3.83. The van der Waals surface area contributed by atoms with E-state index in [0.29, 0.717) is 15.6 Å². The molecule has 4 atom stereocenters. The quantitative estimate of drug-likeness (QED) is 0.136. The van der Waals surface area contributed by atoms with Crippen molar-refractivity contribution in [2.75, 3.05) is 0 Å². The highest BCUT2D eigenvalue weighted by molar-refractivity contribution is 9.10. The van der Waals surface area contributed by atoms with E-state index in [4.69, 9.17) is 9.98 Å². The molecule has 304 valence electrons. The second-order valence-electron chi connectivity index (χ2n) is 15.2. The Morgan fingerprint density at radius 3 is 1.05 bits per heavy atom. The maximum absolute atomic E-state index is 15.2. The second kappa shape index (κ2) is 16.4. The van der Waals surface area contributed by atoms with Gasteiger partial charge in [-0.3, -0.25) is 9.98 Å². The average molecular weight is 906 g/mol. The molecule has 0 saturated carbocycles. The molecule has 0 bridgehead atoms. The van der Waals surface area contributed by atoms with Gasteiger partial charge in [0.15, 0.2) is 0 Å². The van der Waals surface area contributed by atoms with E-state index in [-0.39, 0.29) is 21.5 Å². The zero-order valence-corrected chi connectivity index (χ0v) is 36.5. The van der Waals surface area contributed by atoms with Crippen LogP contribution < -0.4 is 0 Å². The van der Waals surface area contributed by atoms with Crippen LogP contribution in [-0.2, 0) is 20.0 Å². The molecular formula is C50H41BrN4O4S2. The maximum Gasteiger partial charge on any atom is 0.266 e. The summed E-state index contributed by atoms with van der Waals surface area (Å²) in [5.41, 5.74) is 6.00. The van der Waals surface area contributed by atoms with Gasteiger partial charge in [0, 0.05) is 15.6 Å². The van der Waals surface area contributed by atoms with E-state index in [1.54, 1.807) is 54.6 Å². The fourth-order valence-corrected chi connectivity index (χ4v) is 12.1. The summed E-state index contributed by atoms with van der Waals surface area (Å²) in [5.74, 6) is 0.422. The Bertz CT molecular complexity index is 2790. The summed E-state index contributed by atoms with van der Waals surface area (Å²) in [5, 5.41) is 0. The first-order chi connectivity index (χ1) is 29.5. The molecule has 11 heteroatoms. The van der Waals surface area contributed by atoms with Gasteiger partial charge >= 0.3 is 0 Å². The summed E-state index contributed by atoms with van der Waals surface area (Å²) < 4.78 is 64.2. The minimum atomic E-state index is -4.26. The van der Waals surface area contributed by atoms with E-state index in [0.717, 1.165) is 33.4 Å². The molecule has 0 saturated heterocycles. The van der Waals surface area contributed by atoms with Crippen molar-refractivity contribution in [3.63, 3.8) is 0 Å². The van der Waals surface area contributed by atoms with Gasteiger partial charge in [0.05, 0.1) is 21.9 Å². The Hall–Kier alpha value is -6.14. The van der Waals surface area contributed by atoms with Gasteiger partial charge in [0.2, 0.25) is 0 Å². The molecule has 61 heavy (non-hydrogen) atoms. The van der Waals surface area contributed by atoms with E-state index in [9.17, 15) is 0 Å². The van der Waals surface area contributed by atoms with Crippen molar-refractivity contribution in [3.8, 4) is 0 Å². The highest BCUT2D eigenvalue weighted by Gasteiger charge is 2.48. The van der Waals surface area contributed by atoms with E-state index < -0.39 is 44.2 Å². The molecule has 2 heterocycles. The van der Waals surface area contributed by atoms with Crippen LogP contribution in [0.2, 0.25) is 0 Å². The first-order valence-electron chi connectivity index (χ1n) is 19.9. The van der Waals surface area contributed by atoms with E-state index in [1.165, 1.54) is 8.61 Å². The summed E-state index contributed by atoms with van der Waals surface area (Å²) in [4.78, 5) is 10.9. The van der Waals surface area contributed by atoms with Gasteiger partial charge in [-0.05, 0) is 76.3 Å². The van der Waals surface area contributed by atoms with Crippen LogP contribution in [0.5, 0.6) is 0 Å². The largest absolute Gasteiger partial charge is 0.266 e. The predicted molar refractivity (Wildman–Crippen MR) is 244 cm³/mol. The molecule has 4 unspecified atom stereocenters. The van der Waals surface area contributed by atoms with Crippen LogP contribution in [0, 0.1) is 13.8 Å². The smallest absolute Gasteiger partial charge is 0.256 e. The lowest BCUT2D eigenvalue weighted by molar-refractivity contribution is 0.420. The van der Waals surface area contributed by atoms with Crippen molar-refractivity contribution in [2.24, 2.45) is 9.98 Å². The normalized spacial score (nSPS) is 19.1. The molecule has 2 aliphatic heterocycles. The van der Waals surface area contributed by atoms with Crippen LogP contribution in [0.4, 0.5) is 0 Å². The molecule has 7 aromatic rings. The Balaban J connectivity index is 1.28. The molecule has 9 rings (SSSR count). The van der Waals surface area contributed by atoms with E-state index in [1.807, 2.05) is 147 Å². The third-order valence-electron chi connectivity index (χ3n) is 11.2. The Morgan fingerprint density at radius 1 is 0.410 bits per heavy atom. The van der Waals surface area contributed by atoms with Crippen molar-refractivity contribution >= 4 is 47.6 Å². The number of hydrogen-bond acceptors (Lipinski definition) is 6. The Morgan fingerprint density at radius 2 is 0.721 bits per heavy atom. The highest BCUT2D eigenvalue weighted by atomic mass is 79.9. The Kier molecular flexibility index (Phi) is 10.8. The molecule has 8 nitrogen and oxygen atoms in total. The van der Waals surface area contributed by atoms with Crippen LogP contribution in [0.25, 0.3) is 0 Å². The van der Waals surface area contributed by atoms with Gasteiger partial charge in [0.25, 0.3) is 20.0 Å². The van der Waals surface area contributed by atoms with Gasteiger partial charge < -0.3 is 0 Å². The number of rotatable bonds is 10. The van der Waals surface area contributed by atoms with Gasteiger partial charge in [-0.1, -0.05) is 175 Å². The molecule has 7 aromatic carbocycles. The minimum Gasteiger partial charge on any atom is -0.256 e. The van der Waals surface area contributed by atoms with Crippen molar-refractivity contribution in [1.29, 1.82) is 0 Å². The van der Waals surface area contributed by atoms with Crippen LogP contribution in [-0.4, -0.2) is 37.1 Å². The molecule has 0 aromatic heterocycles. The molecule has 0 N–H and O–H groups in total. The molecule has 0 amide bonds. The van der Waals surface area contributed by atoms with Crippen LogP contribution in [0.15, 0.2) is 212 Å². The van der Waals surface area contributed by atoms with Crippen LogP contribution in [0.1, 0.15) is 68.7 Å². The van der Waals surface area contributed by atoms with E-state index in [2.05, 4.69) is 15.9 Å². The number of aliphatic imine (C=N–C) groups is 2. The summed E-state index contributed by atoms with van der Waals surface area (Å²) in [6, 6.07) is 54.8. The third kappa shape index (κ3) is 7.41. The maximum atomic E-state index is 15.2. The summed E-state index contributed by atoms with van der Waals surface area (Å²) in [6.07, 6.45) is 0. The number of aryl methyl sites for hydroxylation is 2. The summed E-state index contributed by atoms with van der Waals surface area (Å²) in [7, 11) is -8.52. The molecule has 0 spiro atoms. The Labute approximate surface area is 365 Å².